The second-order valence-electron chi connectivity index (χ2n) is 18.2. The van der Waals surface area contributed by atoms with Gasteiger partial charge in [0, 0.05) is 6.42 Å². The first-order chi connectivity index (χ1) is 27.0. The number of hydrogen-bond donors (Lipinski definition) is 3. The van der Waals surface area contributed by atoms with Crippen LogP contribution in [0.3, 0.4) is 0 Å². The molecule has 0 aliphatic carbocycles. The number of carbonyl (C=O) groups excluding carboxylic acids is 1. The maximum absolute atomic E-state index is 12.8. The Morgan fingerprint density at radius 1 is 0.536 bits per heavy atom. The molecule has 3 N–H and O–H groups in total. The number of quaternary nitrogens is 1. The number of hydrogen-bond acceptors (Lipinski definition) is 5. The molecule has 3 atom stereocenters. The minimum Gasteiger partial charge on any atom is -0.391 e. The fourth-order valence-corrected chi connectivity index (χ4v) is 8.20. The number of nitrogens with one attached hydrogen (secondary N) is 1. The highest BCUT2D eigenvalue weighted by atomic mass is 31.2. The maximum Gasteiger partial charge on any atom is 0.472 e. The summed E-state index contributed by atoms with van der Waals surface area (Å²) in [7, 11) is 1.63. The Morgan fingerprint density at radius 3 is 1.20 bits per heavy atom. The average Bonchev–Trinajstić information content (AvgIpc) is 3.15. The molecule has 8 nitrogen and oxygen atoms in total. The molecule has 0 spiro atoms. The third-order valence-corrected chi connectivity index (χ3v) is 12.3. The monoisotopic (exact) mass is 818 g/mol. The molecule has 0 aliphatic heterocycles. The van der Waals surface area contributed by atoms with Crippen LogP contribution in [0, 0.1) is 0 Å². The van der Waals surface area contributed by atoms with Gasteiger partial charge in [-0.3, -0.25) is 13.8 Å². The van der Waals surface area contributed by atoms with Crippen LogP contribution in [0.15, 0.2) is 0 Å². The number of aliphatic hydroxyl groups is 1. The zero-order valence-corrected chi connectivity index (χ0v) is 39.0. The molecule has 9 heteroatoms. The van der Waals surface area contributed by atoms with Gasteiger partial charge in [0.25, 0.3) is 0 Å². The summed E-state index contributed by atoms with van der Waals surface area (Å²) < 4.78 is 23.6. The van der Waals surface area contributed by atoms with Crippen LogP contribution in [0.5, 0.6) is 0 Å². The molecule has 0 aromatic rings. The number of carbonyl (C=O) groups is 1. The first-order valence-corrected chi connectivity index (χ1v) is 25.9. The van der Waals surface area contributed by atoms with Gasteiger partial charge < -0.3 is 19.8 Å². The van der Waals surface area contributed by atoms with Crippen LogP contribution >= 0.6 is 7.82 Å². The van der Waals surface area contributed by atoms with Gasteiger partial charge in [-0.2, -0.15) is 0 Å². The van der Waals surface area contributed by atoms with E-state index in [9.17, 15) is 19.4 Å². The van der Waals surface area contributed by atoms with E-state index in [-0.39, 0.29) is 19.1 Å². The van der Waals surface area contributed by atoms with Crippen molar-refractivity contribution in [1.82, 2.24) is 5.32 Å². The molecule has 3 unspecified atom stereocenters. The smallest absolute Gasteiger partial charge is 0.391 e. The molecule has 0 aromatic carbocycles. The summed E-state index contributed by atoms with van der Waals surface area (Å²) in [6.45, 7) is 4.88. The lowest BCUT2D eigenvalue weighted by Crippen LogP contribution is -2.46. The third kappa shape index (κ3) is 41.7. The van der Waals surface area contributed by atoms with E-state index in [2.05, 4.69) is 19.2 Å². The molecule has 0 bridgehead atoms. The Balaban J connectivity index is 4.03. The Kier molecular flexibility index (Phi) is 39.6. The van der Waals surface area contributed by atoms with Crippen molar-refractivity contribution in [2.45, 2.75) is 257 Å². The van der Waals surface area contributed by atoms with Crippen LogP contribution < -0.4 is 5.32 Å². The van der Waals surface area contributed by atoms with Gasteiger partial charge in [-0.05, 0) is 12.8 Å². The topological polar surface area (TPSA) is 105 Å². The lowest BCUT2D eigenvalue weighted by atomic mass is 10.0. The van der Waals surface area contributed by atoms with Crippen molar-refractivity contribution < 1.29 is 32.9 Å². The van der Waals surface area contributed by atoms with Crippen LogP contribution in [-0.4, -0.2) is 73.4 Å². The summed E-state index contributed by atoms with van der Waals surface area (Å²) in [4.78, 5) is 23.0. The molecule has 0 aliphatic rings. The van der Waals surface area contributed by atoms with Gasteiger partial charge in [-0.25, -0.2) is 4.57 Å². The number of rotatable bonds is 45. The minimum absolute atomic E-state index is 0.0783. The Morgan fingerprint density at radius 2 is 0.857 bits per heavy atom. The summed E-state index contributed by atoms with van der Waals surface area (Å²) in [6.07, 6.45) is 44.5. The van der Waals surface area contributed by atoms with E-state index >= 15 is 0 Å². The zero-order chi connectivity index (χ0) is 41.4. The molecule has 0 saturated heterocycles. The van der Waals surface area contributed by atoms with Gasteiger partial charge >= 0.3 is 7.82 Å². The van der Waals surface area contributed by atoms with E-state index in [4.69, 9.17) is 9.05 Å². The van der Waals surface area contributed by atoms with Crippen molar-refractivity contribution in [2.24, 2.45) is 0 Å². The van der Waals surface area contributed by atoms with Crippen molar-refractivity contribution >= 4 is 13.7 Å². The lowest BCUT2D eigenvalue weighted by molar-refractivity contribution is -0.870. The number of amides is 1. The molecule has 336 valence electrons. The molecule has 0 heterocycles. The largest absolute Gasteiger partial charge is 0.472 e. The number of phosphoric acid groups is 1. The van der Waals surface area contributed by atoms with Gasteiger partial charge in [0.1, 0.15) is 13.2 Å². The summed E-state index contributed by atoms with van der Waals surface area (Å²) in [5, 5.41) is 13.9. The number of phosphoric ester groups is 1. The van der Waals surface area contributed by atoms with Crippen LogP contribution in [0.4, 0.5) is 0 Å². The van der Waals surface area contributed by atoms with Crippen LogP contribution in [0.2, 0.25) is 0 Å². The summed E-state index contributed by atoms with van der Waals surface area (Å²) in [6, 6.07) is -0.752. The van der Waals surface area contributed by atoms with E-state index in [1.54, 1.807) is 0 Å². The average molecular weight is 818 g/mol. The number of likely N-dealkylation sites (N-methyl/N-ethyl adjacent to an activating group) is 1. The van der Waals surface area contributed by atoms with Crippen LogP contribution in [0.1, 0.15) is 245 Å². The zero-order valence-electron chi connectivity index (χ0n) is 38.2. The quantitative estimate of drug-likeness (QED) is 0.0321. The summed E-state index contributed by atoms with van der Waals surface area (Å²) in [5.41, 5.74) is 0. The summed E-state index contributed by atoms with van der Waals surface area (Å²) >= 11 is 0. The molecule has 0 rings (SSSR count). The second-order valence-corrected chi connectivity index (χ2v) is 19.7. The third-order valence-electron chi connectivity index (χ3n) is 11.4. The second kappa shape index (κ2) is 39.9. The Bertz CT molecular complexity index is 885. The highest BCUT2D eigenvalue weighted by molar-refractivity contribution is 7.47. The van der Waals surface area contributed by atoms with E-state index < -0.39 is 20.0 Å². The van der Waals surface area contributed by atoms with E-state index in [0.717, 1.165) is 38.5 Å². The van der Waals surface area contributed by atoms with Crippen molar-refractivity contribution in [3.8, 4) is 0 Å². The molecule has 56 heavy (non-hydrogen) atoms. The molecular weight excluding hydrogens is 719 g/mol. The van der Waals surface area contributed by atoms with Gasteiger partial charge in [-0.1, -0.05) is 226 Å². The molecule has 0 aromatic heterocycles. The molecular formula is C47H98N2O6P+. The van der Waals surface area contributed by atoms with Gasteiger partial charge in [-0.15, -0.1) is 0 Å². The number of aliphatic hydroxyl groups excluding tert-OH is 1. The summed E-state index contributed by atoms with van der Waals surface area (Å²) in [5.74, 6) is -0.146. The Labute approximate surface area is 349 Å². The van der Waals surface area contributed by atoms with Crippen LogP contribution in [-0.2, 0) is 18.4 Å². The maximum atomic E-state index is 12.8. The lowest BCUT2D eigenvalue weighted by Gasteiger charge is -2.26. The fraction of sp³-hybridized carbons (Fsp3) is 0.979. The van der Waals surface area contributed by atoms with Crippen LogP contribution in [0.25, 0.3) is 0 Å². The van der Waals surface area contributed by atoms with Crippen molar-refractivity contribution in [1.29, 1.82) is 0 Å². The SMILES string of the molecule is CCCCCCCCCCCCCCCCCCCCCCCCCCCCC(O)C(COP(=O)(O)OCC[N+](C)(C)C)NC(=O)CCCCCCCCCC. The van der Waals surface area contributed by atoms with Crippen molar-refractivity contribution in [2.75, 3.05) is 40.9 Å². The molecule has 0 saturated carbocycles. The predicted octanol–water partition coefficient (Wildman–Crippen LogP) is 13.8. The first kappa shape index (κ1) is 55.5. The molecule has 0 fully saturated rings. The van der Waals surface area contributed by atoms with E-state index in [1.165, 1.54) is 180 Å². The van der Waals surface area contributed by atoms with Crippen molar-refractivity contribution in [3.05, 3.63) is 0 Å². The van der Waals surface area contributed by atoms with Crippen molar-refractivity contribution in [3.63, 3.8) is 0 Å². The number of nitrogens with zero attached hydrogens (tertiary/aromatic N) is 1. The predicted molar refractivity (Wildman–Crippen MR) is 240 cm³/mol. The number of unbranched alkanes of at least 4 members (excludes halogenated alkanes) is 32. The van der Waals surface area contributed by atoms with Gasteiger partial charge in [0.2, 0.25) is 5.91 Å². The normalized spacial score (nSPS) is 14.2. The Hall–Kier alpha value is -0.500. The fourth-order valence-electron chi connectivity index (χ4n) is 7.46. The standard InChI is InChI=1S/C47H97N2O6P/c1-6-8-10-12-14-16-17-18-19-20-21-22-23-24-25-26-27-28-29-30-31-32-33-34-36-38-40-46(50)45(44-55-56(52,53)54-43-42-49(3,4)5)48-47(51)41-39-37-35-15-13-11-9-7-2/h45-46,50H,6-44H2,1-5H3,(H-,48,51,52,53)/p+1. The highest BCUT2D eigenvalue weighted by Gasteiger charge is 2.28. The molecule has 1 amide bonds. The van der Waals surface area contributed by atoms with E-state index in [1.807, 2.05) is 21.1 Å². The van der Waals surface area contributed by atoms with E-state index in [0.29, 0.717) is 23.9 Å². The van der Waals surface area contributed by atoms with Gasteiger partial charge in [0.15, 0.2) is 0 Å². The minimum atomic E-state index is -4.30. The highest BCUT2D eigenvalue weighted by Crippen LogP contribution is 2.43. The van der Waals surface area contributed by atoms with Gasteiger partial charge in [0.05, 0.1) is 39.9 Å². The first-order valence-electron chi connectivity index (χ1n) is 24.4. The molecule has 0 radical (unpaired) electrons.